The topological polar surface area (TPSA) is 136 Å². The summed E-state index contributed by atoms with van der Waals surface area (Å²) >= 11 is 0. The summed E-state index contributed by atoms with van der Waals surface area (Å²) in [6.45, 7) is 3.52. The van der Waals surface area contributed by atoms with E-state index in [9.17, 15) is 9.59 Å². The van der Waals surface area contributed by atoms with E-state index in [4.69, 9.17) is 14.7 Å². The molecule has 41 heavy (non-hydrogen) atoms. The van der Waals surface area contributed by atoms with Gasteiger partial charge >= 0.3 is 0 Å². The Labute approximate surface area is 235 Å². The first kappa shape index (κ1) is 25.7. The molecule has 11 nitrogen and oxygen atoms in total. The van der Waals surface area contributed by atoms with Crippen LogP contribution >= 0.6 is 0 Å². The highest BCUT2D eigenvalue weighted by molar-refractivity contribution is 5.99. The van der Waals surface area contributed by atoms with Crippen molar-refractivity contribution in [1.29, 1.82) is 0 Å². The van der Waals surface area contributed by atoms with Crippen LogP contribution in [0.3, 0.4) is 0 Å². The second-order valence-corrected chi connectivity index (χ2v) is 9.43. The third-order valence-corrected chi connectivity index (χ3v) is 6.46. The maximum Gasteiger partial charge on any atom is 0.269 e. The molecule has 6 rings (SSSR count). The van der Waals surface area contributed by atoms with E-state index in [0.29, 0.717) is 40.2 Å². The number of hydrogen-bond donors (Lipinski definition) is 3. The molecule has 3 N–H and O–H groups in total. The molecule has 0 bridgehead atoms. The third-order valence-electron chi connectivity index (χ3n) is 6.46. The SMILES string of the molecule is C=CC(=O)Nc1cccc(-n2c(C3CC3)nc3cnc(Nc4ccc(Oc5ccnc(C(=O)NC)c5)cc4)nc32)c1. The summed E-state index contributed by atoms with van der Waals surface area (Å²) in [5.74, 6) is 2.22. The van der Waals surface area contributed by atoms with Crippen molar-refractivity contribution in [1.82, 2.24) is 29.8 Å². The van der Waals surface area contributed by atoms with Gasteiger partial charge in [0.2, 0.25) is 11.9 Å². The number of ether oxygens (including phenoxy) is 1. The van der Waals surface area contributed by atoms with Crippen LogP contribution in [0.25, 0.3) is 16.9 Å². The van der Waals surface area contributed by atoms with Gasteiger partial charge in [0.1, 0.15) is 28.5 Å². The lowest BCUT2D eigenvalue weighted by Gasteiger charge is -2.11. The van der Waals surface area contributed by atoms with E-state index in [-0.39, 0.29) is 17.5 Å². The zero-order valence-electron chi connectivity index (χ0n) is 22.2. The van der Waals surface area contributed by atoms with Gasteiger partial charge in [-0.1, -0.05) is 12.6 Å². The van der Waals surface area contributed by atoms with Crippen LogP contribution in [0.2, 0.25) is 0 Å². The maximum atomic E-state index is 11.9. The number of aromatic nitrogens is 5. The Morgan fingerprint density at radius 3 is 2.59 bits per heavy atom. The molecule has 0 atom stereocenters. The normalized spacial score (nSPS) is 12.5. The summed E-state index contributed by atoms with van der Waals surface area (Å²) in [6.07, 6.45) is 6.60. The van der Waals surface area contributed by atoms with Gasteiger partial charge in [-0.3, -0.25) is 19.1 Å². The molecular weight excluding hydrogens is 520 g/mol. The Kier molecular flexibility index (Phi) is 6.82. The molecule has 1 aliphatic carbocycles. The molecule has 2 aromatic carbocycles. The van der Waals surface area contributed by atoms with Gasteiger partial charge in [-0.15, -0.1) is 0 Å². The first-order chi connectivity index (χ1) is 20.0. The minimum atomic E-state index is -0.287. The molecule has 3 aromatic heterocycles. The highest BCUT2D eigenvalue weighted by Crippen LogP contribution is 2.41. The van der Waals surface area contributed by atoms with Crippen molar-refractivity contribution in [2.24, 2.45) is 0 Å². The highest BCUT2D eigenvalue weighted by Gasteiger charge is 2.31. The molecule has 1 aliphatic rings. The lowest BCUT2D eigenvalue weighted by molar-refractivity contribution is -0.111. The fraction of sp³-hybridized carbons (Fsp3) is 0.133. The number of rotatable bonds is 9. The van der Waals surface area contributed by atoms with E-state index in [1.165, 1.54) is 12.3 Å². The molecular formula is C30H26N8O3. The van der Waals surface area contributed by atoms with Gasteiger partial charge in [-0.2, -0.15) is 4.98 Å². The van der Waals surface area contributed by atoms with Gasteiger partial charge in [0.15, 0.2) is 5.65 Å². The van der Waals surface area contributed by atoms with Crippen LogP contribution in [-0.2, 0) is 4.79 Å². The Morgan fingerprint density at radius 2 is 1.83 bits per heavy atom. The predicted octanol–water partition coefficient (Wildman–Crippen LogP) is 5.11. The molecule has 204 valence electrons. The van der Waals surface area contributed by atoms with Crippen molar-refractivity contribution < 1.29 is 14.3 Å². The van der Waals surface area contributed by atoms with Crippen molar-refractivity contribution in [3.05, 3.63) is 97.2 Å². The lowest BCUT2D eigenvalue weighted by Crippen LogP contribution is -2.18. The van der Waals surface area contributed by atoms with E-state index in [2.05, 4.69) is 32.5 Å². The molecule has 0 saturated heterocycles. The number of amides is 2. The van der Waals surface area contributed by atoms with Crippen LogP contribution in [-0.4, -0.2) is 43.4 Å². The standard InChI is InChI=1S/C30H26N8O3/c1-3-26(39)34-20-5-4-6-21(15-20)38-27(18-7-8-18)36-25-17-33-30(37-28(25)38)35-19-9-11-22(12-10-19)41-23-13-14-32-24(16-23)29(40)31-2/h3-6,9-18H,1,7-8H2,2H3,(H,31,40)(H,34,39)(H,33,35,37). The van der Waals surface area contributed by atoms with Gasteiger partial charge in [0, 0.05) is 36.6 Å². The quantitative estimate of drug-likeness (QED) is 0.217. The number of anilines is 3. The van der Waals surface area contributed by atoms with Gasteiger partial charge in [-0.05, 0) is 67.4 Å². The summed E-state index contributed by atoms with van der Waals surface area (Å²) in [7, 11) is 1.55. The molecule has 2 amide bonds. The minimum absolute atomic E-state index is 0.271. The van der Waals surface area contributed by atoms with Crippen molar-refractivity contribution in [2.75, 3.05) is 17.7 Å². The van der Waals surface area contributed by atoms with Gasteiger partial charge in [0.25, 0.3) is 5.91 Å². The summed E-state index contributed by atoms with van der Waals surface area (Å²) in [5, 5.41) is 8.61. The zero-order chi connectivity index (χ0) is 28.3. The largest absolute Gasteiger partial charge is 0.457 e. The molecule has 1 fully saturated rings. The number of pyridine rings is 1. The monoisotopic (exact) mass is 546 g/mol. The van der Waals surface area contributed by atoms with E-state index in [1.807, 2.05) is 41.0 Å². The van der Waals surface area contributed by atoms with Gasteiger partial charge < -0.3 is 20.7 Å². The third kappa shape index (κ3) is 5.59. The zero-order valence-corrected chi connectivity index (χ0v) is 22.2. The number of imidazole rings is 1. The van der Waals surface area contributed by atoms with Crippen molar-refractivity contribution >= 4 is 40.3 Å². The summed E-state index contributed by atoms with van der Waals surface area (Å²) in [6, 6.07) is 18.1. The second-order valence-electron chi connectivity index (χ2n) is 9.43. The number of carbonyl (C=O) groups is 2. The van der Waals surface area contributed by atoms with Crippen LogP contribution in [0.4, 0.5) is 17.3 Å². The molecule has 5 aromatic rings. The summed E-state index contributed by atoms with van der Waals surface area (Å²) in [5.41, 5.74) is 3.89. The molecule has 3 heterocycles. The van der Waals surface area contributed by atoms with Gasteiger partial charge in [-0.25, -0.2) is 9.97 Å². The van der Waals surface area contributed by atoms with Crippen LogP contribution in [0.5, 0.6) is 11.5 Å². The second kappa shape index (κ2) is 10.9. The van der Waals surface area contributed by atoms with Crippen LogP contribution in [0, 0.1) is 0 Å². The fourth-order valence-corrected chi connectivity index (χ4v) is 4.34. The van der Waals surface area contributed by atoms with Crippen molar-refractivity contribution in [3.8, 4) is 17.2 Å². The molecule has 11 heteroatoms. The Hall–Kier alpha value is -5.58. The Morgan fingerprint density at radius 1 is 1.00 bits per heavy atom. The Bertz CT molecular complexity index is 1780. The molecule has 1 saturated carbocycles. The van der Waals surface area contributed by atoms with E-state index in [1.54, 1.807) is 37.5 Å². The van der Waals surface area contributed by atoms with E-state index < -0.39 is 0 Å². The number of hydrogen-bond acceptors (Lipinski definition) is 8. The smallest absolute Gasteiger partial charge is 0.269 e. The molecule has 0 aliphatic heterocycles. The molecule has 0 unspecified atom stereocenters. The van der Waals surface area contributed by atoms with E-state index in [0.717, 1.165) is 30.0 Å². The molecule has 0 radical (unpaired) electrons. The Balaban J connectivity index is 1.25. The number of benzene rings is 2. The van der Waals surface area contributed by atoms with E-state index >= 15 is 0 Å². The number of nitrogens with one attached hydrogen (secondary N) is 3. The fourth-order valence-electron chi connectivity index (χ4n) is 4.34. The predicted molar refractivity (Wildman–Crippen MR) is 155 cm³/mol. The first-order valence-corrected chi connectivity index (χ1v) is 13.0. The average Bonchev–Trinajstić information content (AvgIpc) is 3.78. The summed E-state index contributed by atoms with van der Waals surface area (Å²) in [4.78, 5) is 41.9. The average molecular weight is 547 g/mol. The lowest BCUT2D eigenvalue weighted by atomic mass is 10.2. The maximum absolute atomic E-state index is 11.9. The highest BCUT2D eigenvalue weighted by atomic mass is 16.5. The molecule has 0 spiro atoms. The van der Waals surface area contributed by atoms with Crippen LogP contribution < -0.4 is 20.7 Å². The van der Waals surface area contributed by atoms with Gasteiger partial charge in [0.05, 0.1) is 11.9 Å². The van der Waals surface area contributed by atoms with Crippen LogP contribution in [0.15, 0.2) is 85.7 Å². The first-order valence-electron chi connectivity index (χ1n) is 13.0. The number of fused-ring (bicyclic) bond motifs is 1. The number of nitrogens with zero attached hydrogens (tertiary/aromatic N) is 5. The van der Waals surface area contributed by atoms with Crippen molar-refractivity contribution in [3.63, 3.8) is 0 Å². The van der Waals surface area contributed by atoms with Crippen LogP contribution in [0.1, 0.15) is 35.1 Å². The van der Waals surface area contributed by atoms with Crippen molar-refractivity contribution in [2.45, 2.75) is 18.8 Å². The number of carbonyl (C=O) groups excluding carboxylic acids is 2. The summed E-state index contributed by atoms with van der Waals surface area (Å²) < 4.78 is 7.92. The minimum Gasteiger partial charge on any atom is -0.457 e.